The fourth-order valence-electron chi connectivity index (χ4n) is 3.01. The molecule has 22 heavy (non-hydrogen) atoms. The van der Waals surface area contributed by atoms with Gasteiger partial charge in [0.25, 0.3) is 0 Å². The lowest BCUT2D eigenvalue weighted by molar-refractivity contribution is 0.0578. The van der Waals surface area contributed by atoms with Crippen LogP contribution in [-0.2, 0) is 0 Å². The minimum Gasteiger partial charge on any atom is -0.396 e. The van der Waals surface area contributed by atoms with Crippen molar-refractivity contribution in [2.45, 2.75) is 26.3 Å². The molecule has 120 valence electrons. The number of benzene rings is 1. The van der Waals surface area contributed by atoms with Gasteiger partial charge in [0.15, 0.2) is 0 Å². The minimum atomic E-state index is 0.267. The summed E-state index contributed by atoms with van der Waals surface area (Å²) < 4.78 is 0. The second kappa shape index (κ2) is 8.95. The van der Waals surface area contributed by atoms with E-state index in [1.807, 2.05) is 30.3 Å². The molecule has 1 atom stereocenters. The van der Waals surface area contributed by atoms with Gasteiger partial charge in [-0.2, -0.15) is 0 Å². The Labute approximate surface area is 134 Å². The predicted octanol–water partition coefficient (Wildman–Crippen LogP) is 2.06. The molecular weight excluding hydrogens is 272 g/mol. The second-order valence-corrected chi connectivity index (χ2v) is 6.46. The molecule has 0 unspecified atom stereocenters. The van der Waals surface area contributed by atoms with E-state index >= 15 is 0 Å². The third-order valence-corrected chi connectivity index (χ3v) is 4.06. The van der Waals surface area contributed by atoms with Crippen molar-refractivity contribution in [1.29, 1.82) is 0 Å². The topological polar surface area (TPSA) is 26.7 Å². The van der Waals surface area contributed by atoms with Gasteiger partial charge in [0.2, 0.25) is 0 Å². The van der Waals surface area contributed by atoms with Gasteiger partial charge in [-0.15, -0.1) is 0 Å². The van der Waals surface area contributed by atoms with E-state index in [0.717, 1.165) is 44.7 Å². The summed E-state index contributed by atoms with van der Waals surface area (Å²) in [5.74, 6) is 7.18. The monoisotopic (exact) mass is 300 g/mol. The van der Waals surface area contributed by atoms with E-state index in [1.54, 1.807) is 0 Å². The van der Waals surface area contributed by atoms with Crippen LogP contribution >= 0.6 is 0 Å². The zero-order chi connectivity index (χ0) is 15.8. The van der Waals surface area contributed by atoms with Gasteiger partial charge < -0.3 is 5.11 Å². The molecule has 1 fully saturated rings. The van der Waals surface area contributed by atoms with Gasteiger partial charge in [-0.3, -0.25) is 9.80 Å². The lowest BCUT2D eigenvalue weighted by Gasteiger charge is -2.41. The Bertz CT molecular complexity index is 489. The molecule has 1 N–H and O–H groups in total. The summed E-state index contributed by atoms with van der Waals surface area (Å²) in [6.45, 7) is 9.87. The number of nitrogens with zero attached hydrogens (tertiary/aromatic N) is 2. The van der Waals surface area contributed by atoms with E-state index in [2.05, 4.69) is 35.5 Å². The Balaban J connectivity index is 1.87. The summed E-state index contributed by atoms with van der Waals surface area (Å²) in [6, 6.07) is 10.6. The number of rotatable bonds is 5. The van der Waals surface area contributed by atoms with Gasteiger partial charge in [0.05, 0.1) is 6.54 Å². The molecule has 0 saturated carbocycles. The van der Waals surface area contributed by atoms with Crippen LogP contribution in [0.25, 0.3) is 0 Å². The van der Waals surface area contributed by atoms with Crippen LogP contribution in [0.4, 0.5) is 0 Å². The molecule has 1 aromatic rings. The van der Waals surface area contributed by atoms with Gasteiger partial charge in [0, 0.05) is 44.4 Å². The predicted molar refractivity (Wildman–Crippen MR) is 91.7 cm³/mol. The molecule has 3 nitrogen and oxygen atoms in total. The number of piperazine rings is 1. The second-order valence-electron chi connectivity index (χ2n) is 6.46. The van der Waals surface area contributed by atoms with Crippen molar-refractivity contribution in [1.82, 2.24) is 9.80 Å². The molecule has 0 aliphatic carbocycles. The average molecular weight is 300 g/mol. The summed E-state index contributed by atoms with van der Waals surface area (Å²) >= 11 is 0. The molecule has 1 aliphatic rings. The van der Waals surface area contributed by atoms with Gasteiger partial charge in [-0.1, -0.05) is 43.9 Å². The lowest BCUT2D eigenvalue weighted by Crippen LogP contribution is -2.54. The fraction of sp³-hybridized carbons (Fsp3) is 0.579. The minimum absolute atomic E-state index is 0.267. The first-order valence-corrected chi connectivity index (χ1v) is 8.30. The first kappa shape index (κ1) is 17.0. The van der Waals surface area contributed by atoms with E-state index in [-0.39, 0.29) is 6.61 Å². The van der Waals surface area contributed by atoms with Gasteiger partial charge in [-0.25, -0.2) is 0 Å². The van der Waals surface area contributed by atoms with Gasteiger partial charge in [0.1, 0.15) is 0 Å². The third-order valence-electron chi connectivity index (χ3n) is 4.06. The highest BCUT2D eigenvalue weighted by Crippen LogP contribution is 2.14. The SMILES string of the molecule is CC(C)CN1CCN(CC#Cc2ccccc2)C[C@@H]1CCO. The standard InChI is InChI=1S/C19H28N2O/c1-17(2)15-21-13-12-20(16-19(21)10-14-22)11-6-9-18-7-4-3-5-8-18/h3-5,7-8,17,19,22H,10-16H2,1-2H3/t19-/m0/s1. The summed E-state index contributed by atoms with van der Waals surface area (Å²) in [5, 5.41) is 9.31. The highest BCUT2D eigenvalue weighted by molar-refractivity contribution is 5.33. The molecule has 1 aliphatic heterocycles. The number of hydrogen-bond acceptors (Lipinski definition) is 3. The third kappa shape index (κ3) is 5.46. The molecular formula is C19H28N2O. The maximum absolute atomic E-state index is 9.31. The normalized spacial score (nSPS) is 19.9. The smallest absolute Gasteiger partial charge is 0.0606 e. The Morgan fingerprint density at radius 1 is 1.23 bits per heavy atom. The summed E-state index contributed by atoms with van der Waals surface area (Å²) in [7, 11) is 0. The molecule has 1 saturated heterocycles. The highest BCUT2D eigenvalue weighted by Gasteiger charge is 2.26. The summed E-state index contributed by atoms with van der Waals surface area (Å²) in [5.41, 5.74) is 1.08. The van der Waals surface area contributed by atoms with Crippen molar-refractivity contribution in [2.24, 2.45) is 5.92 Å². The van der Waals surface area contributed by atoms with Gasteiger partial charge >= 0.3 is 0 Å². The molecule has 0 spiro atoms. The maximum Gasteiger partial charge on any atom is 0.0606 e. The Kier molecular flexibility index (Phi) is 6.92. The average Bonchev–Trinajstić information content (AvgIpc) is 2.51. The van der Waals surface area contributed by atoms with Crippen molar-refractivity contribution < 1.29 is 5.11 Å². The zero-order valence-electron chi connectivity index (χ0n) is 13.8. The molecule has 0 bridgehead atoms. The van der Waals surface area contributed by atoms with E-state index in [4.69, 9.17) is 0 Å². The summed E-state index contributed by atoms with van der Waals surface area (Å²) in [6.07, 6.45) is 0.856. The van der Waals surface area contributed by atoms with Crippen molar-refractivity contribution in [3.8, 4) is 11.8 Å². The van der Waals surface area contributed by atoms with E-state index in [0.29, 0.717) is 12.0 Å². The van der Waals surface area contributed by atoms with Crippen LogP contribution in [0.15, 0.2) is 30.3 Å². The van der Waals surface area contributed by atoms with E-state index < -0.39 is 0 Å². The number of aliphatic hydroxyl groups is 1. The van der Waals surface area contributed by atoms with Crippen LogP contribution in [0, 0.1) is 17.8 Å². The molecule has 1 heterocycles. The number of hydrogen-bond donors (Lipinski definition) is 1. The van der Waals surface area contributed by atoms with Gasteiger partial charge in [-0.05, 0) is 24.5 Å². The maximum atomic E-state index is 9.31. The molecule has 0 radical (unpaired) electrons. The Hall–Kier alpha value is -1.34. The molecule has 0 amide bonds. The Morgan fingerprint density at radius 2 is 2.00 bits per heavy atom. The van der Waals surface area contributed by atoms with Crippen molar-refractivity contribution in [2.75, 3.05) is 39.3 Å². The van der Waals surface area contributed by atoms with Crippen molar-refractivity contribution >= 4 is 0 Å². The van der Waals surface area contributed by atoms with Crippen LogP contribution in [0.2, 0.25) is 0 Å². The first-order valence-electron chi connectivity index (χ1n) is 8.30. The van der Waals surface area contributed by atoms with Crippen molar-refractivity contribution in [3.05, 3.63) is 35.9 Å². The molecule has 2 rings (SSSR count). The quantitative estimate of drug-likeness (QED) is 0.843. The molecule has 0 aromatic heterocycles. The highest BCUT2D eigenvalue weighted by atomic mass is 16.3. The van der Waals surface area contributed by atoms with E-state index in [1.165, 1.54) is 0 Å². The fourth-order valence-corrected chi connectivity index (χ4v) is 3.01. The number of aliphatic hydroxyl groups excluding tert-OH is 1. The molecule has 3 heteroatoms. The van der Waals surface area contributed by atoms with Crippen LogP contribution < -0.4 is 0 Å². The first-order chi connectivity index (χ1) is 10.7. The largest absolute Gasteiger partial charge is 0.396 e. The summed E-state index contributed by atoms with van der Waals surface area (Å²) in [4.78, 5) is 4.94. The van der Waals surface area contributed by atoms with E-state index in [9.17, 15) is 5.11 Å². The zero-order valence-corrected chi connectivity index (χ0v) is 13.8. The van der Waals surface area contributed by atoms with Crippen LogP contribution in [0.5, 0.6) is 0 Å². The van der Waals surface area contributed by atoms with Crippen LogP contribution in [0.1, 0.15) is 25.8 Å². The van der Waals surface area contributed by atoms with Crippen molar-refractivity contribution in [3.63, 3.8) is 0 Å². The lowest BCUT2D eigenvalue weighted by atomic mass is 10.1. The Morgan fingerprint density at radius 3 is 2.68 bits per heavy atom. The van der Waals surface area contributed by atoms with Crippen LogP contribution in [-0.4, -0.2) is 60.3 Å². The molecule has 1 aromatic carbocycles. The van der Waals surface area contributed by atoms with Crippen LogP contribution in [0.3, 0.4) is 0 Å².